The van der Waals surface area contributed by atoms with Crippen LogP contribution in [0.5, 0.6) is 0 Å². The first kappa shape index (κ1) is 9.55. The highest BCUT2D eigenvalue weighted by Gasteiger charge is 2.13. The molecule has 4 heteroatoms. The summed E-state index contributed by atoms with van der Waals surface area (Å²) < 4.78 is 0.832. The lowest BCUT2D eigenvalue weighted by atomic mass is 10.1. The third kappa shape index (κ3) is 1.76. The van der Waals surface area contributed by atoms with Gasteiger partial charge in [0.05, 0.1) is 0 Å². The molecule has 0 aliphatic carbocycles. The number of pyridine rings is 1. The average molecular weight is 268 g/mol. The Balaban J connectivity index is 2.39. The van der Waals surface area contributed by atoms with Crippen LogP contribution in [-0.4, -0.2) is 10.8 Å². The Labute approximate surface area is 93.7 Å². The first-order chi connectivity index (χ1) is 6.79. The van der Waals surface area contributed by atoms with E-state index in [4.69, 9.17) is 0 Å². The number of carbonyl (C=O) groups excluding carboxylic acids is 1. The summed E-state index contributed by atoms with van der Waals surface area (Å²) >= 11 is 4.82. The van der Waals surface area contributed by atoms with Crippen molar-refractivity contribution in [3.05, 3.63) is 50.9 Å². The molecule has 0 atom stereocenters. The van der Waals surface area contributed by atoms with E-state index in [1.807, 2.05) is 10.8 Å². The van der Waals surface area contributed by atoms with Crippen molar-refractivity contribution in [1.29, 1.82) is 0 Å². The number of rotatable bonds is 2. The summed E-state index contributed by atoms with van der Waals surface area (Å²) in [4.78, 5) is 15.9. The minimum atomic E-state index is -0.0428. The Bertz CT molecular complexity index is 452. The summed E-state index contributed by atoms with van der Waals surface area (Å²) in [5, 5.41) is 3.71. The molecule has 0 spiro atoms. The molecule has 0 bridgehead atoms. The quantitative estimate of drug-likeness (QED) is 0.783. The Morgan fingerprint density at radius 3 is 2.79 bits per heavy atom. The van der Waals surface area contributed by atoms with Crippen molar-refractivity contribution in [2.75, 3.05) is 0 Å². The number of carbonyl (C=O) groups is 1. The molecule has 2 aromatic rings. The standard InChI is InChI=1S/C10H6BrNOS/c11-8-6-14-5-7(8)10(13)9-3-1-2-4-12-9/h1-6H. The summed E-state index contributed by atoms with van der Waals surface area (Å²) in [5.41, 5.74) is 1.15. The van der Waals surface area contributed by atoms with Crippen LogP contribution in [0, 0.1) is 0 Å². The second kappa shape index (κ2) is 4.02. The van der Waals surface area contributed by atoms with Crippen molar-refractivity contribution in [3.63, 3.8) is 0 Å². The van der Waals surface area contributed by atoms with Crippen LogP contribution in [0.3, 0.4) is 0 Å². The highest BCUT2D eigenvalue weighted by atomic mass is 79.9. The molecule has 2 aromatic heterocycles. The fraction of sp³-hybridized carbons (Fsp3) is 0. The van der Waals surface area contributed by atoms with Crippen LogP contribution >= 0.6 is 27.3 Å². The van der Waals surface area contributed by atoms with Crippen LogP contribution in [0.15, 0.2) is 39.6 Å². The van der Waals surface area contributed by atoms with Gasteiger partial charge in [-0.1, -0.05) is 6.07 Å². The Morgan fingerprint density at radius 1 is 1.36 bits per heavy atom. The minimum absolute atomic E-state index is 0.0428. The first-order valence-corrected chi connectivity index (χ1v) is 5.70. The monoisotopic (exact) mass is 267 g/mol. The van der Waals surface area contributed by atoms with Crippen LogP contribution in [0.1, 0.15) is 16.1 Å². The van der Waals surface area contributed by atoms with Gasteiger partial charge in [-0.2, -0.15) is 11.3 Å². The highest BCUT2D eigenvalue weighted by molar-refractivity contribution is 9.10. The van der Waals surface area contributed by atoms with E-state index in [2.05, 4.69) is 20.9 Å². The Hall–Kier alpha value is -1.00. The summed E-state index contributed by atoms with van der Waals surface area (Å²) in [5.74, 6) is -0.0428. The number of ketones is 1. The van der Waals surface area contributed by atoms with Crippen LogP contribution in [0.4, 0.5) is 0 Å². The van der Waals surface area contributed by atoms with Crippen molar-refractivity contribution in [2.45, 2.75) is 0 Å². The second-order valence-electron chi connectivity index (χ2n) is 2.68. The van der Waals surface area contributed by atoms with Crippen molar-refractivity contribution >= 4 is 33.0 Å². The molecule has 0 saturated carbocycles. The van der Waals surface area contributed by atoms with Crippen LogP contribution < -0.4 is 0 Å². The normalized spacial score (nSPS) is 10.1. The van der Waals surface area contributed by atoms with Crippen molar-refractivity contribution in [3.8, 4) is 0 Å². The Morgan fingerprint density at radius 2 is 2.21 bits per heavy atom. The minimum Gasteiger partial charge on any atom is -0.287 e. The molecule has 0 saturated heterocycles. The van der Waals surface area contributed by atoms with Gasteiger partial charge in [-0.25, -0.2) is 0 Å². The van der Waals surface area contributed by atoms with Gasteiger partial charge in [0.1, 0.15) is 5.69 Å². The molecule has 70 valence electrons. The molecule has 0 radical (unpaired) electrons. The number of halogens is 1. The van der Waals surface area contributed by atoms with E-state index in [0.29, 0.717) is 11.3 Å². The smallest absolute Gasteiger partial charge is 0.213 e. The predicted octanol–water partition coefficient (Wildman–Crippen LogP) is 3.14. The molecular weight excluding hydrogens is 262 g/mol. The molecule has 0 aliphatic rings. The molecule has 2 rings (SSSR count). The molecule has 2 nitrogen and oxygen atoms in total. The zero-order valence-corrected chi connectivity index (χ0v) is 9.51. The van der Waals surface area contributed by atoms with Gasteiger partial charge in [0.25, 0.3) is 0 Å². The van der Waals surface area contributed by atoms with E-state index in [1.54, 1.807) is 24.4 Å². The number of hydrogen-bond acceptors (Lipinski definition) is 3. The molecule has 0 unspecified atom stereocenters. The molecule has 0 N–H and O–H groups in total. The maximum atomic E-state index is 11.8. The van der Waals surface area contributed by atoms with Gasteiger partial charge >= 0.3 is 0 Å². The van der Waals surface area contributed by atoms with E-state index < -0.39 is 0 Å². The van der Waals surface area contributed by atoms with E-state index in [1.165, 1.54) is 11.3 Å². The number of hydrogen-bond donors (Lipinski definition) is 0. The van der Waals surface area contributed by atoms with Crippen LogP contribution in [0.2, 0.25) is 0 Å². The zero-order valence-electron chi connectivity index (χ0n) is 7.11. The lowest BCUT2D eigenvalue weighted by Crippen LogP contribution is -2.02. The van der Waals surface area contributed by atoms with Crippen molar-refractivity contribution in [2.24, 2.45) is 0 Å². The summed E-state index contributed by atoms with van der Waals surface area (Å²) in [6.07, 6.45) is 1.62. The first-order valence-electron chi connectivity index (χ1n) is 3.96. The largest absolute Gasteiger partial charge is 0.287 e. The van der Waals surface area contributed by atoms with Crippen LogP contribution in [0.25, 0.3) is 0 Å². The lowest BCUT2D eigenvalue weighted by molar-refractivity contribution is 0.103. The van der Waals surface area contributed by atoms with E-state index in [9.17, 15) is 4.79 Å². The van der Waals surface area contributed by atoms with Gasteiger partial charge < -0.3 is 0 Å². The van der Waals surface area contributed by atoms with Gasteiger partial charge in [-0.05, 0) is 28.1 Å². The van der Waals surface area contributed by atoms with Gasteiger partial charge in [0.2, 0.25) is 5.78 Å². The fourth-order valence-electron chi connectivity index (χ4n) is 1.08. The summed E-state index contributed by atoms with van der Waals surface area (Å²) in [6.45, 7) is 0. The molecule has 0 aliphatic heterocycles. The molecule has 2 heterocycles. The molecule has 14 heavy (non-hydrogen) atoms. The van der Waals surface area contributed by atoms with E-state index >= 15 is 0 Å². The topological polar surface area (TPSA) is 30.0 Å². The SMILES string of the molecule is O=C(c1ccccn1)c1cscc1Br. The summed E-state index contributed by atoms with van der Waals surface area (Å²) in [7, 11) is 0. The van der Waals surface area contributed by atoms with E-state index in [0.717, 1.165) is 4.47 Å². The third-order valence-corrected chi connectivity index (χ3v) is 3.46. The predicted molar refractivity (Wildman–Crippen MR) is 59.7 cm³/mol. The van der Waals surface area contributed by atoms with Crippen LogP contribution in [-0.2, 0) is 0 Å². The van der Waals surface area contributed by atoms with Gasteiger partial charge in [0.15, 0.2) is 0 Å². The number of aromatic nitrogens is 1. The Kier molecular flexibility index (Phi) is 2.74. The second-order valence-corrected chi connectivity index (χ2v) is 4.28. The number of thiophene rings is 1. The highest BCUT2D eigenvalue weighted by Crippen LogP contribution is 2.23. The van der Waals surface area contributed by atoms with Gasteiger partial charge in [-0.3, -0.25) is 9.78 Å². The average Bonchev–Trinajstić information content (AvgIpc) is 2.65. The summed E-state index contributed by atoms with van der Waals surface area (Å²) in [6, 6.07) is 5.31. The van der Waals surface area contributed by atoms with Gasteiger partial charge in [0, 0.05) is 27.0 Å². The maximum Gasteiger partial charge on any atom is 0.213 e. The van der Waals surface area contributed by atoms with Gasteiger partial charge in [-0.15, -0.1) is 0 Å². The molecule has 0 fully saturated rings. The van der Waals surface area contributed by atoms with Crippen molar-refractivity contribution < 1.29 is 4.79 Å². The fourth-order valence-corrected chi connectivity index (χ4v) is 2.53. The third-order valence-electron chi connectivity index (χ3n) is 1.76. The maximum absolute atomic E-state index is 11.8. The van der Waals surface area contributed by atoms with E-state index in [-0.39, 0.29) is 5.78 Å². The number of nitrogens with zero attached hydrogens (tertiary/aromatic N) is 1. The molecular formula is C10H6BrNOS. The lowest BCUT2D eigenvalue weighted by Gasteiger charge is -1.97. The van der Waals surface area contributed by atoms with Crippen molar-refractivity contribution in [1.82, 2.24) is 4.98 Å². The molecule has 0 aromatic carbocycles. The molecule has 0 amide bonds. The zero-order chi connectivity index (χ0) is 9.97.